The molecule has 0 heterocycles. The zero-order valence-corrected chi connectivity index (χ0v) is 14.0. The summed E-state index contributed by atoms with van der Waals surface area (Å²) in [6.07, 6.45) is 4.06. The Hall–Kier alpha value is -1.11. The molecule has 0 aromatic heterocycles. The van der Waals surface area contributed by atoms with Crippen LogP contribution in [0.3, 0.4) is 0 Å². The first-order chi connectivity index (χ1) is 10.4. The molecule has 1 aromatic carbocycles. The van der Waals surface area contributed by atoms with Crippen LogP contribution in [0.2, 0.25) is 5.02 Å². The molecule has 1 aliphatic carbocycles. The van der Waals surface area contributed by atoms with Crippen LogP contribution in [0.5, 0.6) is 0 Å². The van der Waals surface area contributed by atoms with E-state index in [9.17, 15) is 13.2 Å². The first-order valence-corrected chi connectivity index (χ1v) is 9.16. The van der Waals surface area contributed by atoms with Crippen LogP contribution in [-0.4, -0.2) is 27.5 Å². The normalized spacial score (nSPS) is 22.8. The van der Waals surface area contributed by atoms with Gasteiger partial charge < -0.3 is 4.74 Å². The predicted molar refractivity (Wildman–Crippen MR) is 84.2 cm³/mol. The summed E-state index contributed by atoms with van der Waals surface area (Å²) in [5.74, 6) is -0.791. The van der Waals surface area contributed by atoms with Crippen molar-refractivity contribution in [2.75, 3.05) is 7.11 Å². The molecule has 0 amide bonds. The van der Waals surface area contributed by atoms with Gasteiger partial charge in [0.2, 0.25) is 10.0 Å². The van der Waals surface area contributed by atoms with Gasteiger partial charge in [-0.1, -0.05) is 30.9 Å². The highest BCUT2D eigenvalue weighted by atomic mass is 35.5. The molecule has 5 nitrogen and oxygen atoms in total. The molecule has 0 spiro atoms. The average Bonchev–Trinajstić information content (AvgIpc) is 2.72. The molecule has 122 valence electrons. The Morgan fingerprint density at radius 2 is 1.82 bits per heavy atom. The Balaban J connectivity index is 2.21. The molecule has 0 radical (unpaired) electrons. The van der Waals surface area contributed by atoms with Crippen molar-refractivity contribution in [2.45, 2.75) is 43.0 Å². The Labute approximate surface area is 136 Å². The van der Waals surface area contributed by atoms with E-state index < -0.39 is 22.0 Å². The summed E-state index contributed by atoms with van der Waals surface area (Å²) >= 11 is 5.78. The zero-order valence-electron chi connectivity index (χ0n) is 12.4. The molecule has 22 heavy (non-hydrogen) atoms. The second kappa shape index (κ2) is 7.44. The summed E-state index contributed by atoms with van der Waals surface area (Å²) in [6.45, 7) is 0. The van der Waals surface area contributed by atoms with Crippen molar-refractivity contribution >= 4 is 27.6 Å². The Kier molecular flexibility index (Phi) is 5.83. The van der Waals surface area contributed by atoms with Gasteiger partial charge in [-0.05, 0) is 37.1 Å². The van der Waals surface area contributed by atoms with Crippen molar-refractivity contribution in [2.24, 2.45) is 5.92 Å². The molecule has 1 N–H and O–H groups in total. The quantitative estimate of drug-likeness (QED) is 0.672. The fraction of sp³-hybridized carbons (Fsp3) is 0.533. The summed E-state index contributed by atoms with van der Waals surface area (Å²) in [5, 5.41) is 0.473. The van der Waals surface area contributed by atoms with E-state index in [1.807, 2.05) is 0 Å². The Morgan fingerprint density at radius 1 is 1.18 bits per heavy atom. The molecule has 1 fully saturated rings. The molecular weight excluding hydrogens is 326 g/mol. The number of hydrogen-bond acceptors (Lipinski definition) is 4. The zero-order chi connectivity index (χ0) is 16.2. The third kappa shape index (κ3) is 4.21. The number of halogens is 1. The van der Waals surface area contributed by atoms with Crippen molar-refractivity contribution in [1.82, 2.24) is 4.72 Å². The van der Waals surface area contributed by atoms with Gasteiger partial charge in [0.05, 0.1) is 17.9 Å². The number of carbonyl (C=O) groups excluding carboxylic acids is 1. The molecule has 2 atom stereocenters. The molecule has 1 unspecified atom stereocenters. The highest BCUT2D eigenvalue weighted by Gasteiger charge is 2.33. The van der Waals surface area contributed by atoms with Gasteiger partial charge in [0, 0.05) is 11.1 Å². The van der Waals surface area contributed by atoms with E-state index in [-0.39, 0.29) is 10.9 Å². The SMILES string of the molecule is COC(=O)[C@H]1CCCCCC1NS(=O)(=O)c1ccc(Cl)cc1. The van der Waals surface area contributed by atoms with E-state index in [1.54, 1.807) is 0 Å². The smallest absolute Gasteiger partial charge is 0.310 e. The van der Waals surface area contributed by atoms with Gasteiger partial charge in [-0.15, -0.1) is 0 Å². The number of esters is 1. The molecule has 1 aliphatic rings. The van der Waals surface area contributed by atoms with Gasteiger partial charge in [-0.25, -0.2) is 13.1 Å². The molecule has 1 saturated carbocycles. The highest BCUT2D eigenvalue weighted by molar-refractivity contribution is 7.89. The first-order valence-electron chi connectivity index (χ1n) is 7.30. The summed E-state index contributed by atoms with van der Waals surface area (Å²) in [5.41, 5.74) is 0. The molecule has 0 aliphatic heterocycles. The lowest BCUT2D eigenvalue weighted by Gasteiger charge is -2.24. The van der Waals surface area contributed by atoms with Crippen molar-refractivity contribution in [3.8, 4) is 0 Å². The lowest BCUT2D eigenvalue weighted by Crippen LogP contribution is -2.43. The van der Waals surface area contributed by atoms with Gasteiger partial charge in [-0.2, -0.15) is 0 Å². The maximum absolute atomic E-state index is 12.5. The topological polar surface area (TPSA) is 72.5 Å². The van der Waals surface area contributed by atoms with Gasteiger partial charge in [0.1, 0.15) is 0 Å². The van der Waals surface area contributed by atoms with Crippen LogP contribution in [0.4, 0.5) is 0 Å². The molecule has 1 aromatic rings. The van der Waals surface area contributed by atoms with Gasteiger partial charge >= 0.3 is 5.97 Å². The summed E-state index contributed by atoms with van der Waals surface area (Å²) in [7, 11) is -2.35. The number of sulfonamides is 1. The third-order valence-corrected chi connectivity index (χ3v) is 5.71. The van der Waals surface area contributed by atoms with Crippen LogP contribution in [0.1, 0.15) is 32.1 Å². The molecule has 0 saturated heterocycles. The molecule has 7 heteroatoms. The summed E-state index contributed by atoms with van der Waals surface area (Å²) in [6, 6.07) is 5.53. The second-order valence-corrected chi connectivity index (χ2v) is 7.60. The summed E-state index contributed by atoms with van der Waals surface area (Å²) < 4.78 is 32.4. The number of hydrogen-bond donors (Lipinski definition) is 1. The minimum atomic E-state index is -3.68. The Morgan fingerprint density at radius 3 is 2.45 bits per heavy atom. The van der Waals surface area contributed by atoms with E-state index in [0.717, 1.165) is 19.3 Å². The van der Waals surface area contributed by atoms with Crippen molar-refractivity contribution in [1.29, 1.82) is 0 Å². The average molecular weight is 346 g/mol. The number of ether oxygens (including phenoxy) is 1. The van der Waals surface area contributed by atoms with E-state index in [0.29, 0.717) is 17.9 Å². The lowest BCUT2D eigenvalue weighted by molar-refractivity contribution is -0.146. The van der Waals surface area contributed by atoms with E-state index in [2.05, 4.69) is 4.72 Å². The minimum absolute atomic E-state index is 0.143. The van der Waals surface area contributed by atoms with Gasteiger partial charge in [0.25, 0.3) is 0 Å². The van der Waals surface area contributed by atoms with Crippen molar-refractivity contribution in [3.63, 3.8) is 0 Å². The standard InChI is InChI=1S/C15H20ClNO4S/c1-21-15(18)13-5-3-2-4-6-14(13)17-22(19,20)12-9-7-11(16)8-10-12/h7-10,13-14,17H,2-6H2,1H3/t13-,14?/m0/s1. The van der Waals surface area contributed by atoms with E-state index >= 15 is 0 Å². The number of nitrogens with one attached hydrogen (secondary N) is 1. The van der Waals surface area contributed by atoms with Crippen LogP contribution in [-0.2, 0) is 19.6 Å². The second-order valence-electron chi connectivity index (χ2n) is 5.45. The summed E-state index contributed by atoms with van der Waals surface area (Å²) in [4.78, 5) is 12.1. The number of methoxy groups -OCH3 is 1. The lowest BCUT2D eigenvalue weighted by atomic mass is 9.96. The van der Waals surface area contributed by atoms with E-state index in [1.165, 1.54) is 31.4 Å². The fourth-order valence-electron chi connectivity index (χ4n) is 2.76. The van der Waals surface area contributed by atoms with Crippen molar-refractivity contribution in [3.05, 3.63) is 29.3 Å². The van der Waals surface area contributed by atoms with Gasteiger partial charge in [0.15, 0.2) is 0 Å². The maximum atomic E-state index is 12.5. The van der Waals surface area contributed by atoms with Crippen LogP contribution in [0.25, 0.3) is 0 Å². The largest absolute Gasteiger partial charge is 0.469 e. The van der Waals surface area contributed by atoms with Crippen LogP contribution >= 0.6 is 11.6 Å². The first kappa shape index (κ1) is 17.2. The molecular formula is C15H20ClNO4S. The Bertz CT molecular complexity index is 615. The maximum Gasteiger partial charge on any atom is 0.310 e. The van der Waals surface area contributed by atoms with Crippen LogP contribution in [0, 0.1) is 5.92 Å². The van der Waals surface area contributed by atoms with Crippen molar-refractivity contribution < 1.29 is 17.9 Å². The monoisotopic (exact) mass is 345 g/mol. The van der Waals surface area contributed by atoms with Gasteiger partial charge in [-0.3, -0.25) is 4.79 Å². The number of benzene rings is 1. The highest BCUT2D eigenvalue weighted by Crippen LogP contribution is 2.26. The predicted octanol–water partition coefficient (Wildman–Crippen LogP) is 2.74. The minimum Gasteiger partial charge on any atom is -0.469 e. The third-order valence-electron chi connectivity index (χ3n) is 3.95. The molecule has 2 rings (SSSR count). The fourth-order valence-corrected chi connectivity index (χ4v) is 4.20. The van der Waals surface area contributed by atoms with Crippen LogP contribution in [0.15, 0.2) is 29.2 Å². The van der Waals surface area contributed by atoms with Crippen LogP contribution < -0.4 is 4.72 Å². The number of carbonyl (C=O) groups is 1. The molecule has 0 bridgehead atoms. The van der Waals surface area contributed by atoms with E-state index in [4.69, 9.17) is 16.3 Å². The number of rotatable bonds is 4.